The second-order valence-corrected chi connectivity index (χ2v) is 5.03. The van der Waals surface area contributed by atoms with Gasteiger partial charge in [-0.05, 0) is 25.3 Å². The molecule has 0 saturated carbocycles. The third-order valence-corrected chi connectivity index (χ3v) is 3.30. The van der Waals surface area contributed by atoms with E-state index in [-0.39, 0.29) is 6.04 Å². The van der Waals surface area contributed by atoms with Crippen LogP contribution in [0.25, 0.3) is 0 Å². The van der Waals surface area contributed by atoms with Crippen LogP contribution in [0.5, 0.6) is 0 Å². The predicted molar refractivity (Wildman–Crippen MR) is 67.6 cm³/mol. The van der Waals surface area contributed by atoms with Crippen molar-refractivity contribution in [3.63, 3.8) is 0 Å². The maximum Gasteiger partial charge on any atom is 0.218 e. The van der Waals surface area contributed by atoms with Crippen LogP contribution < -0.4 is 4.90 Å². The number of anilines is 1. The molecule has 0 amide bonds. The summed E-state index contributed by atoms with van der Waals surface area (Å²) in [4.78, 5) is 10.9. The average molecular weight is 251 g/mol. The second kappa shape index (κ2) is 5.23. The van der Waals surface area contributed by atoms with Crippen molar-refractivity contribution in [2.45, 2.75) is 26.4 Å². The first-order valence-electron chi connectivity index (χ1n) is 5.43. The maximum atomic E-state index is 13.1. The molecule has 17 heavy (non-hydrogen) atoms. The van der Waals surface area contributed by atoms with Crippen LogP contribution in [0.15, 0.2) is 29.9 Å². The monoisotopic (exact) mass is 251 g/mol. The Morgan fingerprint density at radius 1 is 1.41 bits per heavy atom. The van der Waals surface area contributed by atoms with Crippen LogP contribution in [0.2, 0.25) is 0 Å². The molecule has 2 aromatic heterocycles. The molecule has 5 heteroatoms. The van der Waals surface area contributed by atoms with Crippen molar-refractivity contribution < 1.29 is 4.39 Å². The standard InChI is InChI=1S/C12H14FN3S/c1-9(2)16(7-10-4-3-5-17-10)12-6-11(13)14-8-15-12/h3-6,8-9H,7H2,1-2H3. The van der Waals surface area contributed by atoms with Gasteiger partial charge in [0.25, 0.3) is 0 Å². The number of thiophene rings is 1. The summed E-state index contributed by atoms with van der Waals surface area (Å²) in [6, 6.07) is 5.70. The number of halogens is 1. The van der Waals surface area contributed by atoms with E-state index in [9.17, 15) is 4.39 Å². The SMILES string of the molecule is CC(C)N(Cc1cccs1)c1cc(F)ncn1. The van der Waals surface area contributed by atoms with Crippen LogP contribution in [0.3, 0.4) is 0 Å². The van der Waals surface area contributed by atoms with Crippen molar-refractivity contribution in [1.29, 1.82) is 0 Å². The summed E-state index contributed by atoms with van der Waals surface area (Å²) in [5.41, 5.74) is 0. The molecule has 0 spiro atoms. The zero-order chi connectivity index (χ0) is 12.3. The number of nitrogens with zero attached hydrogens (tertiary/aromatic N) is 3. The Morgan fingerprint density at radius 2 is 2.24 bits per heavy atom. The van der Waals surface area contributed by atoms with Crippen LogP contribution in [0, 0.1) is 5.95 Å². The van der Waals surface area contributed by atoms with Crippen LogP contribution >= 0.6 is 11.3 Å². The Bertz CT molecular complexity index is 470. The summed E-state index contributed by atoms with van der Waals surface area (Å²) in [6.45, 7) is 4.87. The smallest absolute Gasteiger partial charge is 0.218 e. The summed E-state index contributed by atoms with van der Waals surface area (Å²) in [5.74, 6) is 0.132. The van der Waals surface area contributed by atoms with Crippen molar-refractivity contribution in [3.05, 3.63) is 40.7 Å². The first-order valence-corrected chi connectivity index (χ1v) is 6.31. The van der Waals surface area contributed by atoms with Crippen molar-refractivity contribution in [2.24, 2.45) is 0 Å². The minimum atomic E-state index is -0.494. The highest BCUT2D eigenvalue weighted by atomic mass is 32.1. The molecule has 0 fully saturated rings. The van der Waals surface area contributed by atoms with Gasteiger partial charge in [0.1, 0.15) is 12.1 Å². The normalized spacial score (nSPS) is 10.8. The molecule has 0 saturated heterocycles. The van der Waals surface area contributed by atoms with Gasteiger partial charge in [-0.15, -0.1) is 11.3 Å². The van der Waals surface area contributed by atoms with E-state index in [1.165, 1.54) is 17.3 Å². The average Bonchev–Trinajstić information content (AvgIpc) is 2.78. The maximum absolute atomic E-state index is 13.1. The van der Waals surface area contributed by atoms with Gasteiger partial charge in [-0.25, -0.2) is 9.97 Å². The van der Waals surface area contributed by atoms with E-state index in [4.69, 9.17) is 0 Å². The first kappa shape index (κ1) is 12.0. The fourth-order valence-electron chi connectivity index (χ4n) is 1.58. The zero-order valence-electron chi connectivity index (χ0n) is 9.80. The minimum Gasteiger partial charge on any atom is -0.349 e. The van der Waals surface area contributed by atoms with Gasteiger partial charge in [0.05, 0.1) is 6.54 Å². The van der Waals surface area contributed by atoms with Crippen molar-refractivity contribution >= 4 is 17.2 Å². The van der Waals surface area contributed by atoms with E-state index in [0.717, 1.165) is 6.54 Å². The summed E-state index contributed by atoms with van der Waals surface area (Å²) >= 11 is 1.69. The van der Waals surface area contributed by atoms with Gasteiger partial charge in [0, 0.05) is 17.0 Å². The third kappa shape index (κ3) is 3.00. The molecule has 2 rings (SSSR count). The van der Waals surface area contributed by atoms with Crippen molar-refractivity contribution in [1.82, 2.24) is 9.97 Å². The Labute approximate surface area is 104 Å². The lowest BCUT2D eigenvalue weighted by atomic mass is 10.3. The van der Waals surface area contributed by atoms with Crippen LogP contribution in [-0.2, 0) is 6.54 Å². The van der Waals surface area contributed by atoms with E-state index in [2.05, 4.69) is 34.8 Å². The molecule has 0 unspecified atom stereocenters. The van der Waals surface area contributed by atoms with E-state index in [0.29, 0.717) is 5.82 Å². The molecule has 0 atom stereocenters. The highest BCUT2D eigenvalue weighted by molar-refractivity contribution is 7.09. The molecule has 0 radical (unpaired) electrons. The van der Waals surface area contributed by atoms with Crippen molar-refractivity contribution in [2.75, 3.05) is 4.90 Å². The molecule has 2 aromatic rings. The highest BCUT2D eigenvalue weighted by Gasteiger charge is 2.13. The molecule has 90 valence electrons. The molecule has 0 bridgehead atoms. The van der Waals surface area contributed by atoms with Crippen LogP contribution in [-0.4, -0.2) is 16.0 Å². The molecule has 3 nitrogen and oxygen atoms in total. The molecule has 0 aliphatic carbocycles. The summed E-state index contributed by atoms with van der Waals surface area (Å²) < 4.78 is 13.1. The van der Waals surface area contributed by atoms with Crippen LogP contribution in [0.4, 0.5) is 10.2 Å². The topological polar surface area (TPSA) is 29.0 Å². The molecule has 0 aromatic carbocycles. The first-order chi connectivity index (χ1) is 8.16. The minimum absolute atomic E-state index is 0.256. The van der Waals surface area contributed by atoms with Gasteiger partial charge in [-0.3, -0.25) is 0 Å². The molecule has 0 aliphatic rings. The van der Waals surface area contributed by atoms with E-state index >= 15 is 0 Å². The highest BCUT2D eigenvalue weighted by Crippen LogP contribution is 2.19. The molecule has 0 aliphatic heterocycles. The van der Waals surface area contributed by atoms with Gasteiger partial charge >= 0.3 is 0 Å². The summed E-state index contributed by atoms with van der Waals surface area (Å²) in [6.07, 6.45) is 1.26. The third-order valence-electron chi connectivity index (χ3n) is 2.44. The number of aromatic nitrogens is 2. The molecule has 0 N–H and O–H groups in total. The largest absolute Gasteiger partial charge is 0.349 e. The predicted octanol–water partition coefficient (Wildman–Crippen LogP) is 3.09. The molecule has 2 heterocycles. The Kier molecular flexibility index (Phi) is 3.68. The van der Waals surface area contributed by atoms with Crippen molar-refractivity contribution in [3.8, 4) is 0 Å². The quantitative estimate of drug-likeness (QED) is 0.782. The molecular weight excluding hydrogens is 237 g/mol. The fourth-order valence-corrected chi connectivity index (χ4v) is 2.28. The number of rotatable bonds is 4. The lowest BCUT2D eigenvalue weighted by molar-refractivity contribution is 0.574. The number of hydrogen-bond acceptors (Lipinski definition) is 4. The van der Waals surface area contributed by atoms with Gasteiger partial charge in [-0.1, -0.05) is 6.07 Å². The van der Waals surface area contributed by atoms with Gasteiger partial charge < -0.3 is 4.90 Å². The lowest BCUT2D eigenvalue weighted by Crippen LogP contribution is -2.30. The zero-order valence-corrected chi connectivity index (χ0v) is 10.6. The van der Waals surface area contributed by atoms with E-state index in [1.807, 2.05) is 11.4 Å². The lowest BCUT2D eigenvalue weighted by Gasteiger charge is -2.27. The van der Waals surface area contributed by atoms with E-state index < -0.39 is 5.95 Å². The number of hydrogen-bond donors (Lipinski definition) is 0. The summed E-state index contributed by atoms with van der Waals surface area (Å²) in [7, 11) is 0. The van der Waals surface area contributed by atoms with Crippen LogP contribution in [0.1, 0.15) is 18.7 Å². The fraction of sp³-hybridized carbons (Fsp3) is 0.333. The molecular formula is C12H14FN3S. The van der Waals surface area contributed by atoms with Gasteiger partial charge in [0.2, 0.25) is 5.95 Å². The summed E-state index contributed by atoms with van der Waals surface area (Å²) in [5, 5.41) is 2.04. The Hall–Kier alpha value is -1.49. The Morgan fingerprint density at radius 3 is 2.82 bits per heavy atom. The van der Waals surface area contributed by atoms with Gasteiger partial charge in [-0.2, -0.15) is 4.39 Å². The van der Waals surface area contributed by atoms with Gasteiger partial charge in [0.15, 0.2) is 0 Å². The Balaban J connectivity index is 2.23. The van der Waals surface area contributed by atoms with E-state index in [1.54, 1.807) is 11.3 Å². The second-order valence-electron chi connectivity index (χ2n) is 4.00.